The summed E-state index contributed by atoms with van der Waals surface area (Å²) in [7, 11) is 0. The molecule has 0 aromatic carbocycles. The van der Waals surface area contributed by atoms with Gasteiger partial charge in [0.1, 0.15) is 0 Å². The normalized spacial score (nSPS) is 22.9. The van der Waals surface area contributed by atoms with Crippen molar-refractivity contribution in [1.82, 2.24) is 10.2 Å². The zero-order chi connectivity index (χ0) is 14.3. The van der Waals surface area contributed by atoms with E-state index in [-0.39, 0.29) is 0 Å². The lowest BCUT2D eigenvalue weighted by atomic mass is 9.79. The fourth-order valence-electron chi connectivity index (χ4n) is 3.85. The van der Waals surface area contributed by atoms with E-state index >= 15 is 0 Å². The molecule has 20 heavy (non-hydrogen) atoms. The van der Waals surface area contributed by atoms with Gasteiger partial charge in [0.2, 0.25) is 0 Å². The number of rotatable bonds is 9. The summed E-state index contributed by atoms with van der Waals surface area (Å²) in [5.74, 6) is 1.03. The summed E-state index contributed by atoms with van der Waals surface area (Å²) in [4.78, 5) is 2.76. The minimum Gasteiger partial charge on any atom is -0.316 e. The van der Waals surface area contributed by atoms with Gasteiger partial charge in [0, 0.05) is 19.6 Å². The molecule has 0 spiro atoms. The highest BCUT2D eigenvalue weighted by Crippen LogP contribution is 2.37. The summed E-state index contributed by atoms with van der Waals surface area (Å²) in [5, 5.41) is 3.75. The van der Waals surface area contributed by atoms with Gasteiger partial charge in [0.15, 0.2) is 0 Å². The maximum atomic E-state index is 3.75. The van der Waals surface area contributed by atoms with Crippen LogP contribution in [-0.2, 0) is 0 Å². The molecule has 2 saturated carbocycles. The second kappa shape index (κ2) is 8.38. The van der Waals surface area contributed by atoms with Crippen molar-refractivity contribution >= 4 is 0 Å². The lowest BCUT2D eigenvalue weighted by molar-refractivity contribution is 0.127. The monoisotopic (exact) mass is 280 g/mol. The van der Waals surface area contributed by atoms with Crippen molar-refractivity contribution in [1.29, 1.82) is 0 Å². The molecule has 0 atom stereocenters. The highest BCUT2D eigenvalue weighted by molar-refractivity contribution is 4.88. The summed E-state index contributed by atoms with van der Waals surface area (Å²) >= 11 is 0. The van der Waals surface area contributed by atoms with Gasteiger partial charge in [-0.2, -0.15) is 0 Å². The van der Waals surface area contributed by atoms with Crippen molar-refractivity contribution in [2.75, 3.05) is 32.7 Å². The zero-order valence-electron chi connectivity index (χ0n) is 13.9. The summed E-state index contributed by atoms with van der Waals surface area (Å²) < 4.78 is 0. The smallest absolute Gasteiger partial charge is 0.00501 e. The van der Waals surface area contributed by atoms with Crippen LogP contribution >= 0.6 is 0 Å². The van der Waals surface area contributed by atoms with Crippen LogP contribution in [-0.4, -0.2) is 37.6 Å². The topological polar surface area (TPSA) is 15.3 Å². The first-order chi connectivity index (χ1) is 9.78. The van der Waals surface area contributed by atoms with Crippen LogP contribution in [0.4, 0.5) is 0 Å². The van der Waals surface area contributed by atoms with Crippen LogP contribution in [0.15, 0.2) is 0 Å². The van der Waals surface area contributed by atoms with E-state index in [0.717, 1.165) is 5.92 Å². The average molecular weight is 280 g/mol. The number of hydrogen-bond donors (Lipinski definition) is 1. The summed E-state index contributed by atoms with van der Waals surface area (Å²) in [6.07, 6.45) is 13.0. The third-order valence-corrected chi connectivity index (χ3v) is 5.31. The maximum absolute atomic E-state index is 3.75. The molecule has 0 bridgehead atoms. The van der Waals surface area contributed by atoms with Crippen LogP contribution < -0.4 is 5.32 Å². The molecule has 2 heteroatoms. The summed E-state index contributed by atoms with van der Waals surface area (Å²) in [5.41, 5.74) is 0.566. The Balaban J connectivity index is 1.91. The fourth-order valence-corrected chi connectivity index (χ4v) is 3.85. The van der Waals surface area contributed by atoms with Gasteiger partial charge in [0.25, 0.3) is 0 Å². The molecule has 0 saturated heterocycles. The minimum absolute atomic E-state index is 0.566. The molecule has 0 aliphatic heterocycles. The first-order valence-electron chi connectivity index (χ1n) is 9.21. The Morgan fingerprint density at radius 1 is 1.05 bits per heavy atom. The maximum Gasteiger partial charge on any atom is 0.00501 e. The molecule has 2 aliphatic carbocycles. The van der Waals surface area contributed by atoms with E-state index in [0.29, 0.717) is 5.41 Å². The molecule has 2 nitrogen and oxygen atoms in total. The van der Waals surface area contributed by atoms with Gasteiger partial charge in [-0.25, -0.2) is 0 Å². The van der Waals surface area contributed by atoms with E-state index < -0.39 is 0 Å². The first kappa shape index (κ1) is 16.3. The molecule has 0 unspecified atom stereocenters. The molecule has 0 heterocycles. The van der Waals surface area contributed by atoms with Crippen LogP contribution in [0.2, 0.25) is 0 Å². The third-order valence-electron chi connectivity index (χ3n) is 5.31. The Bertz CT molecular complexity index is 252. The van der Waals surface area contributed by atoms with Crippen LogP contribution in [0.3, 0.4) is 0 Å². The lowest BCUT2D eigenvalue weighted by Crippen LogP contribution is -2.44. The standard InChI is InChI=1S/C18H36N2/c1-3-13-19-15-18(11-7-5-6-8-12-18)16-20(4-2)14-17-9-10-17/h17,19H,3-16H2,1-2H3. The van der Waals surface area contributed by atoms with E-state index in [1.54, 1.807) is 0 Å². The van der Waals surface area contributed by atoms with Crippen molar-refractivity contribution in [2.24, 2.45) is 11.3 Å². The Kier molecular flexibility index (Phi) is 6.83. The van der Waals surface area contributed by atoms with Crippen molar-refractivity contribution in [2.45, 2.75) is 71.6 Å². The number of nitrogens with one attached hydrogen (secondary N) is 1. The lowest BCUT2D eigenvalue weighted by Gasteiger charge is -2.38. The van der Waals surface area contributed by atoms with E-state index in [9.17, 15) is 0 Å². The van der Waals surface area contributed by atoms with Gasteiger partial charge in [0.05, 0.1) is 0 Å². The fraction of sp³-hybridized carbons (Fsp3) is 1.00. The van der Waals surface area contributed by atoms with Gasteiger partial charge in [-0.3, -0.25) is 0 Å². The Labute approximate surface area is 126 Å². The van der Waals surface area contributed by atoms with E-state index in [1.807, 2.05) is 0 Å². The van der Waals surface area contributed by atoms with Gasteiger partial charge < -0.3 is 10.2 Å². The Morgan fingerprint density at radius 2 is 1.75 bits per heavy atom. The Hall–Kier alpha value is -0.0800. The molecule has 0 radical (unpaired) electrons. The predicted octanol–water partition coefficient (Wildman–Crippen LogP) is 4.06. The number of nitrogens with zero attached hydrogens (tertiary/aromatic N) is 1. The summed E-state index contributed by atoms with van der Waals surface area (Å²) in [6, 6.07) is 0. The molecular formula is C18H36N2. The van der Waals surface area contributed by atoms with Crippen molar-refractivity contribution in [3.05, 3.63) is 0 Å². The van der Waals surface area contributed by atoms with E-state index in [2.05, 4.69) is 24.1 Å². The van der Waals surface area contributed by atoms with Gasteiger partial charge in [-0.1, -0.05) is 39.5 Å². The Morgan fingerprint density at radius 3 is 2.30 bits per heavy atom. The van der Waals surface area contributed by atoms with Crippen molar-refractivity contribution in [3.63, 3.8) is 0 Å². The van der Waals surface area contributed by atoms with Crippen molar-refractivity contribution in [3.8, 4) is 0 Å². The molecule has 2 rings (SSSR count). The molecule has 2 fully saturated rings. The van der Waals surface area contributed by atoms with Crippen LogP contribution in [0.25, 0.3) is 0 Å². The quantitative estimate of drug-likeness (QED) is 0.506. The van der Waals surface area contributed by atoms with Gasteiger partial charge >= 0.3 is 0 Å². The highest BCUT2D eigenvalue weighted by atomic mass is 15.1. The van der Waals surface area contributed by atoms with E-state index in [1.165, 1.54) is 90.5 Å². The van der Waals surface area contributed by atoms with Gasteiger partial charge in [-0.05, 0) is 56.5 Å². The molecule has 1 N–H and O–H groups in total. The molecular weight excluding hydrogens is 244 g/mol. The first-order valence-corrected chi connectivity index (χ1v) is 9.21. The van der Waals surface area contributed by atoms with Crippen LogP contribution in [0.5, 0.6) is 0 Å². The SMILES string of the molecule is CCCNCC1(CN(CC)CC2CC2)CCCCCC1. The molecule has 0 aromatic heterocycles. The van der Waals surface area contributed by atoms with Crippen LogP contribution in [0.1, 0.15) is 71.6 Å². The molecule has 0 amide bonds. The minimum atomic E-state index is 0.566. The average Bonchev–Trinajstić information content (AvgIpc) is 3.27. The molecule has 118 valence electrons. The number of hydrogen-bond acceptors (Lipinski definition) is 2. The largest absolute Gasteiger partial charge is 0.316 e. The van der Waals surface area contributed by atoms with E-state index in [4.69, 9.17) is 0 Å². The van der Waals surface area contributed by atoms with Gasteiger partial charge in [-0.15, -0.1) is 0 Å². The molecule has 0 aromatic rings. The van der Waals surface area contributed by atoms with Crippen LogP contribution in [0, 0.1) is 11.3 Å². The third kappa shape index (κ3) is 5.37. The predicted molar refractivity (Wildman–Crippen MR) is 88.1 cm³/mol. The zero-order valence-corrected chi connectivity index (χ0v) is 13.9. The molecule has 2 aliphatic rings. The van der Waals surface area contributed by atoms with Crippen molar-refractivity contribution < 1.29 is 0 Å². The second-order valence-corrected chi connectivity index (χ2v) is 7.36. The highest BCUT2D eigenvalue weighted by Gasteiger charge is 2.34. The second-order valence-electron chi connectivity index (χ2n) is 7.36. The summed E-state index contributed by atoms with van der Waals surface area (Å²) in [6.45, 7) is 11.0.